The molecule has 0 atom stereocenters. The third-order valence-corrected chi connectivity index (χ3v) is 4.57. The average Bonchev–Trinajstić information content (AvgIpc) is 2.86. The maximum Gasteiger partial charge on any atom is 0.332 e. The molecule has 0 saturated carbocycles. The van der Waals surface area contributed by atoms with E-state index >= 15 is 0 Å². The molecule has 4 nitrogen and oxygen atoms in total. The smallest absolute Gasteiger partial charge is 0.332 e. The summed E-state index contributed by atoms with van der Waals surface area (Å²) >= 11 is 9.65. The number of aryl methyl sites for hydroxylation is 1. The molecule has 0 aliphatic heterocycles. The standard InChI is InChI=1S/C17H13BrClFN2O2/c1-21-5-6-22(17(21)23)15-4-3-10(7-14(15)19)12-8-11(20)9-13(18)16(12)24-2/h3-9H,1-2H3. The van der Waals surface area contributed by atoms with Crippen LogP contribution in [-0.2, 0) is 7.05 Å². The van der Waals surface area contributed by atoms with Gasteiger partial charge in [-0.2, -0.15) is 0 Å². The second kappa shape index (κ2) is 6.45. The first kappa shape index (κ1) is 16.8. The third kappa shape index (κ3) is 2.87. The summed E-state index contributed by atoms with van der Waals surface area (Å²) in [6, 6.07) is 7.88. The van der Waals surface area contributed by atoms with Crippen molar-refractivity contribution in [2.75, 3.05) is 7.11 Å². The third-order valence-electron chi connectivity index (χ3n) is 3.68. The molecule has 0 saturated heterocycles. The number of imidazole rings is 1. The lowest BCUT2D eigenvalue weighted by atomic mass is 10.0. The lowest BCUT2D eigenvalue weighted by Crippen LogP contribution is -2.20. The Hall–Kier alpha value is -2.05. The van der Waals surface area contributed by atoms with Gasteiger partial charge in [-0.15, -0.1) is 0 Å². The van der Waals surface area contributed by atoms with E-state index in [9.17, 15) is 9.18 Å². The van der Waals surface area contributed by atoms with Crippen molar-refractivity contribution in [1.82, 2.24) is 9.13 Å². The van der Waals surface area contributed by atoms with Crippen LogP contribution in [0.3, 0.4) is 0 Å². The quantitative estimate of drug-likeness (QED) is 0.640. The van der Waals surface area contributed by atoms with Crippen LogP contribution in [0.4, 0.5) is 4.39 Å². The van der Waals surface area contributed by atoms with Gasteiger partial charge in [-0.1, -0.05) is 17.7 Å². The minimum atomic E-state index is -0.392. The summed E-state index contributed by atoms with van der Waals surface area (Å²) < 4.78 is 22.5. The van der Waals surface area contributed by atoms with Gasteiger partial charge in [-0.3, -0.25) is 4.57 Å². The molecule has 0 N–H and O–H groups in total. The molecule has 24 heavy (non-hydrogen) atoms. The van der Waals surface area contributed by atoms with Crippen LogP contribution in [0.2, 0.25) is 5.02 Å². The Kier molecular flexibility index (Phi) is 4.51. The largest absolute Gasteiger partial charge is 0.495 e. The van der Waals surface area contributed by atoms with Gasteiger partial charge in [0, 0.05) is 25.0 Å². The molecule has 7 heteroatoms. The summed E-state index contributed by atoms with van der Waals surface area (Å²) in [4.78, 5) is 12.1. The summed E-state index contributed by atoms with van der Waals surface area (Å²) in [7, 11) is 3.18. The number of aromatic nitrogens is 2. The van der Waals surface area contributed by atoms with Gasteiger partial charge in [-0.25, -0.2) is 9.18 Å². The van der Waals surface area contributed by atoms with Crippen molar-refractivity contribution in [2.24, 2.45) is 7.05 Å². The van der Waals surface area contributed by atoms with Crippen LogP contribution in [0.5, 0.6) is 5.75 Å². The Bertz CT molecular complexity index is 981. The van der Waals surface area contributed by atoms with Crippen molar-refractivity contribution in [1.29, 1.82) is 0 Å². The topological polar surface area (TPSA) is 36.2 Å². The highest BCUT2D eigenvalue weighted by molar-refractivity contribution is 9.10. The molecule has 0 aliphatic rings. The van der Waals surface area contributed by atoms with Gasteiger partial charge in [0.1, 0.15) is 11.6 Å². The number of ether oxygens (including phenoxy) is 1. The van der Waals surface area contributed by atoms with Gasteiger partial charge in [0.15, 0.2) is 0 Å². The SMILES string of the molecule is COc1c(Br)cc(F)cc1-c1ccc(-n2ccn(C)c2=O)c(Cl)c1. The summed E-state index contributed by atoms with van der Waals surface area (Å²) in [5, 5.41) is 0.378. The average molecular weight is 412 g/mol. The Morgan fingerprint density at radius 3 is 2.54 bits per heavy atom. The first-order valence-electron chi connectivity index (χ1n) is 6.99. The van der Waals surface area contributed by atoms with Crippen molar-refractivity contribution in [3.8, 4) is 22.6 Å². The zero-order chi connectivity index (χ0) is 17.4. The highest BCUT2D eigenvalue weighted by Crippen LogP contribution is 2.38. The molecular weight excluding hydrogens is 399 g/mol. The molecule has 0 spiro atoms. The van der Waals surface area contributed by atoms with E-state index in [4.69, 9.17) is 16.3 Å². The fraction of sp³-hybridized carbons (Fsp3) is 0.118. The predicted molar refractivity (Wildman–Crippen MR) is 95.7 cm³/mol. The predicted octanol–water partition coefficient (Wildman–Crippen LogP) is 4.41. The van der Waals surface area contributed by atoms with Gasteiger partial charge in [0.05, 0.1) is 22.3 Å². The minimum Gasteiger partial charge on any atom is -0.495 e. The molecule has 0 amide bonds. The van der Waals surface area contributed by atoms with Crippen LogP contribution in [0.1, 0.15) is 0 Å². The van der Waals surface area contributed by atoms with E-state index in [2.05, 4.69) is 15.9 Å². The Morgan fingerprint density at radius 1 is 1.21 bits per heavy atom. The van der Waals surface area contributed by atoms with Gasteiger partial charge < -0.3 is 9.30 Å². The van der Waals surface area contributed by atoms with Crippen LogP contribution >= 0.6 is 27.5 Å². The van der Waals surface area contributed by atoms with Crippen LogP contribution in [0, 0.1) is 5.82 Å². The second-order valence-corrected chi connectivity index (χ2v) is 6.46. The molecule has 2 aromatic carbocycles. The van der Waals surface area contributed by atoms with Crippen LogP contribution in [0.15, 0.2) is 52.0 Å². The lowest BCUT2D eigenvalue weighted by molar-refractivity contribution is 0.412. The number of nitrogens with zero attached hydrogens (tertiary/aromatic N) is 2. The number of hydrogen-bond donors (Lipinski definition) is 0. The molecule has 1 aromatic heterocycles. The van der Waals surface area contributed by atoms with E-state index in [1.165, 1.54) is 28.4 Å². The lowest BCUT2D eigenvalue weighted by Gasteiger charge is -2.13. The first-order valence-corrected chi connectivity index (χ1v) is 8.16. The summed E-state index contributed by atoms with van der Waals surface area (Å²) in [6.45, 7) is 0. The van der Waals surface area contributed by atoms with Crippen molar-refractivity contribution < 1.29 is 9.13 Å². The number of hydrogen-bond acceptors (Lipinski definition) is 2. The Labute approximate surface area is 151 Å². The highest BCUT2D eigenvalue weighted by atomic mass is 79.9. The Morgan fingerprint density at radius 2 is 1.96 bits per heavy atom. The zero-order valence-electron chi connectivity index (χ0n) is 12.9. The van der Waals surface area contributed by atoms with E-state index in [-0.39, 0.29) is 5.69 Å². The molecule has 3 rings (SSSR count). The van der Waals surface area contributed by atoms with E-state index in [0.717, 1.165) is 0 Å². The minimum absolute atomic E-state index is 0.198. The molecule has 0 bridgehead atoms. The van der Waals surface area contributed by atoms with Crippen LogP contribution < -0.4 is 10.4 Å². The van der Waals surface area contributed by atoms with Crippen molar-refractivity contribution in [2.45, 2.75) is 0 Å². The van der Waals surface area contributed by atoms with E-state index in [0.29, 0.717) is 32.1 Å². The molecule has 0 unspecified atom stereocenters. The zero-order valence-corrected chi connectivity index (χ0v) is 15.2. The molecular formula is C17H13BrClFN2O2. The van der Waals surface area contributed by atoms with Crippen LogP contribution in [0.25, 0.3) is 16.8 Å². The number of methoxy groups -OCH3 is 1. The maximum absolute atomic E-state index is 13.8. The summed E-state index contributed by atoms with van der Waals surface area (Å²) in [5.74, 6) is 0.120. The van der Waals surface area contributed by atoms with Crippen molar-refractivity contribution in [3.63, 3.8) is 0 Å². The van der Waals surface area contributed by atoms with Gasteiger partial charge >= 0.3 is 5.69 Å². The van der Waals surface area contributed by atoms with Crippen LogP contribution in [-0.4, -0.2) is 16.2 Å². The Balaban J connectivity index is 2.15. The summed E-state index contributed by atoms with van der Waals surface area (Å²) in [6.07, 6.45) is 3.29. The molecule has 0 fully saturated rings. The summed E-state index contributed by atoms with van der Waals surface area (Å²) in [5.41, 5.74) is 1.61. The van der Waals surface area contributed by atoms with Crippen molar-refractivity contribution in [3.05, 3.63) is 68.5 Å². The van der Waals surface area contributed by atoms with E-state index in [1.54, 1.807) is 37.6 Å². The molecule has 3 aromatic rings. The number of benzene rings is 2. The second-order valence-electron chi connectivity index (χ2n) is 5.20. The van der Waals surface area contributed by atoms with E-state index in [1.807, 2.05) is 0 Å². The van der Waals surface area contributed by atoms with Gasteiger partial charge in [-0.05, 0) is 45.8 Å². The number of rotatable bonds is 3. The van der Waals surface area contributed by atoms with Gasteiger partial charge in [0.25, 0.3) is 0 Å². The maximum atomic E-state index is 13.8. The molecule has 124 valence electrons. The normalized spacial score (nSPS) is 10.9. The molecule has 0 aliphatic carbocycles. The fourth-order valence-corrected chi connectivity index (χ4v) is 3.37. The molecule has 0 radical (unpaired) electrons. The fourth-order valence-electron chi connectivity index (χ4n) is 2.50. The van der Waals surface area contributed by atoms with E-state index < -0.39 is 5.82 Å². The van der Waals surface area contributed by atoms with Gasteiger partial charge in [0.2, 0.25) is 0 Å². The molecule has 1 heterocycles. The monoisotopic (exact) mass is 410 g/mol. The van der Waals surface area contributed by atoms with Crippen molar-refractivity contribution >= 4 is 27.5 Å². The number of halogens is 3. The highest BCUT2D eigenvalue weighted by Gasteiger charge is 2.14. The first-order chi connectivity index (χ1) is 11.4.